The third-order valence-corrected chi connectivity index (χ3v) is 5.05. The van der Waals surface area contributed by atoms with E-state index in [9.17, 15) is 4.79 Å². The molecule has 0 amide bonds. The molecule has 0 heterocycles. The van der Waals surface area contributed by atoms with Crippen molar-refractivity contribution in [1.29, 1.82) is 0 Å². The average molecular weight is 305 g/mol. The SMILES string of the molecule is CSC(=O)[C@](C)(SC)c1ccc(Br)cc1. The largest absolute Gasteiger partial charge is 0.285 e. The van der Waals surface area contributed by atoms with Crippen molar-refractivity contribution in [2.24, 2.45) is 0 Å². The van der Waals surface area contributed by atoms with E-state index in [0.717, 1.165) is 10.0 Å². The zero-order valence-corrected chi connectivity index (χ0v) is 12.1. The molecular formula is C11H13BrOS2. The number of benzene rings is 1. The molecule has 1 aromatic carbocycles. The third kappa shape index (κ3) is 2.80. The van der Waals surface area contributed by atoms with E-state index < -0.39 is 4.75 Å². The average Bonchev–Trinajstić information content (AvgIpc) is 2.27. The van der Waals surface area contributed by atoms with Gasteiger partial charge >= 0.3 is 0 Å². The minimum Gasteiger partial charge on any atom is -0.285 e. The van der Waals surface area contributed by atoms with Gasteiger partial charge in [-0.25, -0.2) is 0 Å². The lowest BCUT2D eigenvalue weighted by Gasteiger charge is -2.25. The second-order valence-corrected chi connectivity index (χ2v) is 6.16. The molecule has 0 fully saturated rings. The molecule has 0 saturated heterocycles. The van der Waals surface area contributed by atoms with Crippen LogP contribution in [0, 0.1) is 0 Å². The highest BCUT2D eigenvalue weighted by atomic mass is 79.9. The number of rotatable bonds is 3. The summed E-state index contributed by atoms with van der Waals surface area (Å²) in [6, 6.07) is 7.93. The molecule has 0 saturated carbocycles. The molecule has 1 nitrogen and oxygen atoms in total. The Labute approximate surface area is 108 Å². The summed E-state index contributed by atoms with van der Waals surface area (Å²) in [5.41, 5.74) is 1.05. The van der Waals surface area contributed by atoms with Crippen LogP contribution in [0.4, 0.5) is 0 Å². The van der Waals surface area contributed by atoms with Crippen LogP contribution >= 0.6 is 39.5 Å². The summed E-state index contributed by atoms with van der Waals surface area (Å²) in [7, 11) is 0. The first kappa shape index (κ1) is 13.1. The van der Waals surface area contributed by atoms with Gasteiger partial charge in [-0.05, 0) is 37.1 Å². The Morgan fingerprint density at radius 2 is 1.80 bits per heavy atom. The van der Waals surface area contributed by atoms with Crippen LogP contribution in [-0.2, 0) is 9.54 Å². The van der Waals surface area contributed by atoms with Crippen LogP contribution in [0.15, 0.2) is 28.7 Å². The molecule has 0 unspecified atom stereocenters. The molecule has 1 atom stereocenters. The van der Waals surface area contributed by atoms with Gasteiger partial charge in [-0.3, -0.25) is 4.79 Å². The van der Waals surface area contributed by atoms with Crippen molar-refractivity contribution >= 4 is 44.6 Å². The lowest BCUT2D eigenvalue weighted by Crippen LogP contribution is -2.25. The Balaban J connectivity index is 3.11. The second-order valence-electron chi connectivity index (χ2n) is 3.24. The summed E-state index contributed by atoms with van der Waals surface area (Å²) in [6.45, 7) is 1.97. The van der Waals surface area contributed by atoms with E-state index in [-0.39, 0.29) is 5.12 Å². The Hall–Kier alpha value is 0.0700. The number of halogens is 1. The van der Waals surface area contributed by atoms with Gasteiger partial charge in [0.15, 0.2) is 0 Å². The molecule has 1 aromatic rings. The Kier molecular flexibility index (Phi) is 4.74. The van der Waals surface area contributed by atoms with E-state index in [2.05, 4.69) is 15.9 Å². The quantitative estimate of drug-likeness (QED) is 0.842. The smallest absolute Gasteiger partial charge is 0.208 e. The molecule has 0 radical (unpaired) electrons. The van der Waals surface area contributed by atoms with Gasteiger partial charge in [0, 0.05) is 4.47 Å². The molecule has 0 aromatic heterocycles. The summed E-state index contributed by atoms with van der Waals surface area (Å²) in [5.74, 6) is 0. The Morgan fingerprint density at radius 1 is 1.27 bits per heavy atom. The number of carbonyl (C=O) groups excluding carboxylic acids is 1. The first-order valence-electron chi connectivity index (χ1n) is 4.44. The van der Waals surface area contributed by atoms with E-state index in [1.54, 1.807) is 11.8 Å². The minimum absolute atomic E-state index is 0.192. The van der Waals surface area contributed by atoms with Gasteiger partial charge in [0.05, 0.1) is 0 Å². The van der Waals surface area contributed by atoms with E-state index in [0.29, 0.717) is 0 Å². The molecule has 0 N–H and O–H groups in total. The Morgan fingerprint density at radius 3 is 2.20 bits per heavy atom. The van der Waals surface area contributed by atoms with Crippen molar-refractivity contribution in [3.05, 3.63) is 34.3 Å². The van der Waals surface area contributed by atoms with E-state index in [1.807, 2.05) is 43.7 Å². The van der Waals surface area contributed by atoms with Gasteiger partial charge in [-0.2, -0.15) is 0 Å². The predicted molar refractivity (Wildman–Crippen MR) is 73.5 cm³/mol. The fraction of sp³-hybridized carbons (Fsp3) is 0.364. The van der Waals surface area contributed by atoms with Crippen molar-refractivity contribution in [2.45, 2.75) is 11.7 Å². The normalized spacial score (nSPS) is 14.7. The van der Waals surface area contributed by atoms with Gasteiger partial charge in [0.2, 0.25) is 5.12 Å². The van der Waals surface area contributed by atoms with Gasteiger partial charge in [0.1, 0.15) is 4.75 Å². The number of carbonyl (C=O) groups is 1. The lowest BCUT2D eigenvalue weighted by atomic mass is 10.0. The molecule has 0 bridgehead atoms. The summed E-state index contributed by atoms with van der Waals surface area (Å²) >= 11 is 6.25. The van der Waals surface area contributed by atoms with Gasteiger partial charge in [-0.1, -0.05) is 39.8 Å². The lowest BCUT2D eigenvalue weighted by molar-refractivity contribution is -0.112. The molecular weight excluding hydrogens is 292 g/mol. The molecule has 0 spiro atoms. The van der Waals surface area contributed by atoms with Crippen molar-refractivity contribution in [2.75, 3.05) is 12.5 Å². The van der Waals surface area contributed by atoms with Crippen LogP contribution < -0.4 is 0 Å². The van der Waals surface area contributed by atoms with Crippen LogP contribution in [0.2, 0.25) is 0 Å². The van der Waals surface area contributed by atoms with E-state index in [4.69, 9.17) is 0 Å². The highest BCUT2D eigenvalue weighted by Crippen LogP contribution is 2.38. The number of hydrogen-bond donors (Lipinski definition) is 0. The van der Waals surface area contributed by atoms with Crippen LogP contribution in [0.25, 0.3) is 0 Å². The Bertz CT molecular complexity index is 350. The molecule has 1 rings (SSSR count). The summed E-state index contributed by atoms with van der Waals surface area (Å²) < 4.78 is 0.589. The summed E-state index contributed by atoms with van der Waals surface area (Å²) in [4.78, 5) is 11.9. The van der Waals surface area contributed by atoms with Gasteiger partial charge in [-0.15, -0.1) is 11.8 Å². The molecule has 4 heteroatoms. The second kappa shape index (κ2) is 5.41. The molecule has 15 heavy (non-hydrogen) atoms. The van der Waals surface area contributed by atoms with Gasteiger partial charge < -0.3 is 0 Å². The molecule has 0 aliphatic rings. The highest BCUT2D eigenvalue weighted by Gasteiger charge is 2.33. The van der Waals surface area contributed by atoms with Crippen molar-refractivity contribution in [3.8, 4) is 0 Å². The maximum Gasteiger partial charge on any atom is 0.208 e. The first-order chi connectivity index (χ1) is 7.04. The van der Waals surface area contributed by atoms with Crippen LogP contribution in [0.3, 0.4) is 0 Å². The fourth-order valence-corrected chi connectivity index (χ4v) is 3.09. The summed E-state index contributed by atoms with van der Waals surface area (Å²) in [6.07, 6.45) is 3.80. The minimum atomic E-state index is -0.444. The topological polar surface area (TPSA) is 17.1 Å². The predicted octanol–water partition coefficient (Wildman–Crippen LogP) is 3.92. The number of thioether (sulfide) groups is 2. The monoisotopic (exact) mass is 304 g/mol. The van der Waals surface area contributed by atoms with Crippen LogP contribution in [0.1, 0.15) is 12.5 Å². The zero-order valence-electron chi connectivity index (χ0n) is 8.91. The fourth-order valence-electron chi connectivity index (χ4n) is 1.28. The molecule has 0 aliphatic heterocycles. The first-order valence-corrected chi connectivity index (χ1v) is 7.68. The van der Waals surface area contributed by atoms with Crippen molar-refractivity contribution in [3.63, 3.8) is 0 Å². The molecule has 82 valence electrons. The standard InChI is InChI=1S/C11H13BrOS2/c1-11(15-3,10(13)14-2)8-4-6-9(12)7-5-8/h4-7H,1-3H3/t11-/m1/s1. The van der Waals surface area contributed by atoms with Crippen molar-refractivity contribution < 1.29 is 4.79 Å². The maximum atomic E-state index is 11.9. The van der Waals surface area contributed by atoms with E-state index in [1.165, 1.54) is 11.8 Å². The molecule has 0 aliphatic carbocycles. The van der Waals surface area contributed by atoms with Crippen molar-refractivity contribution in [1.82, 2.24) is 0 Å². The van der Waals surface area contributed by atoms with Crippen LogP contribution in [-0.4, -0.2) is 17.6 Å². The van der Waals surface area contributed by atoms with Gasteiger partial charge in [0.25, 0.3) is 0 Å². The third-order valence-electron chi connectivity index (χ3n) is 2.38. The summed E-state index contributed by atoms with van der Waals surface area (Å²) in [5, 5.41) is 0.192. The number of hydrogen-bond acceptors (Lipinski definition) is 3. The van der Waals surface area contributed by atoms with E-state index >= 15 is 0 Å². The maximum absolute atomic E-state index is 11.9. The zero-order chi connectivity index (χ0) is 11.5. The van der Waals surface area contributed by atoms with Crippen LogP contribution in [0.5, 0.6) is 0 Å². The highest BCUT2D eigenvalue weighted by molar-refractivity contribution is 9.10.